The monoisotopic (exact) mass is 330 g/mol. The Bertz CT molecular complexity index is 620. The number of hydrogen-bond acceptors (Lipinski definition) is 6. The Balaban J connectivity index is 1.46. The third-order valence-corrected chi connectivity index (χ3v) is 4.43. The van der Waals surface area contributed by atoms with Crippen LogP contribution in [-0.4, -0.2) is 42.0 Å². The molecule has 1 aliphatic heterocycles. The maximum absolute atomic E-state index is 5.92. The van der Waals surface area contributed by atoms with Crippen LogP contribution >= 0.6 is 0 Å². The van der Waals surface area contributed by atoms with Gasteiger partial charge < -0.3 is 10.1 Å². The van der Waals surface area contributed by atoms with Crippen LogP contribution in [0.3, 0.4) is 0 Å². The van der Waals surface area contributed by atoms with Gasteiger partial charge in [-0.25, -0.2) is 4.63 Å². The van der Waals surface area contributed by atoms with Gasteiger partial charge in [0.05, 0.1) is 6.61 Å². The van der Waals surface area contributed by atoms with Gasteiger partial charge in [0.1, 0.15) is 17.1 Å². The molecule has 1 atom stereocenters. The van der Waals surface area contributed by atoms with Crippen molar-refractivity contribution in [3.8, 4) is 5.75 Å². The molecule has 6 nitrogen and oxygen atoms in total. The molecule has 6 heteroatoms. The van der Waals surface area contributed by atoms with Crippen LogP contribution in [-0.2, 0) is 13.1 Å². The van der Waals surface area contributed by atoms with E-state index in [9.17, 15) is 0 Å². The minimum Gasteiger partial charge on any atom is -0.493 e. The van der Waals surface area contributed by atoms with E-state index in [-0.39, 0.29) is 0 Å². The predicted molar refractivity (Wildman–Crippen MR) is 91.7 cm³/mol. The van der Waals surface area contributed by atoms with Crippen LogP contribution in [0, 0.1) is 12.8 Å². The minimum absolute atomic E-state index is 0.629. The van der Waals surface area contributed by atoms with Crippen molar-refractivity contribution in [1.29, 1.82) is 0 Å². The molecule has 1 N–H and O–H groups in total. The lowest BCUT2D eigenvalue weighted by Gasteiger charge is -2.22. The highest BCUT2D eigenvalue weighted by Gasteiger charge is 2.13. The van der Waals surface area contributed by atoms with Crippen LogP contribution in [0.2, 0.25) is 0 Å². The Morgan fingerprint density at radius 1 is 1.25 bits per heavy atom. The van der Waals surface area contributed by atoms with Crippen LogP contribution in [0.5, 0.6) is 5.75 Å². The molecule has 24 heavy (non-hydrogen) atoms. The second kappa shape index (κ2) is 8.26. The zero-order chi connectivity index (χ0) is 16.8. The molecule has 130 valence electrons. The number of aryl methyl sites for hydroxylation is 1. The van der Waals surface area contributed by atoms with E-state index in [0.717, 1.165) is 49.9 Å². The number of nitrogens with zero attached hydrogens (tertiary/aromatic N) is 3. The Morgan fingerprint density at radius 2 is 2.08 bits per heavy atom. The zero-order valence-corrected chi connectivity index (χ0v) is 14.5. The lowest BCUT2D eigenvalue weighted by atomic mass is 10.0. The van der Waals surface area contributed by atoms with Crippen LogP contribution in [0.1, 0.15) is 29.8 Å². The standard InChI is InChI=1S/C18H26N4O2/c1-14-18(21-24-20-14)12-22(2)11-15-5-7-17(8-6-15)23-13-16-4-3-9-19-10-16/h5-8,16,19H,3-4,9-13H2,1-2H3/t16-/m1/s1. The van der Waals surface area contributed by atoms with E-state index in [1.807, 2.05) is 6.92 Å². The SMILES string of the molecule is Cc1nonc1CN(C)Cc1ccc(OC[C@@H]2CCCNC2)cc1. The third kappa shape index (κ3) is 4.79. The molecule has 0 spiro atoms. The summed E-state index contributed by atoms with van der Waals surface area (Å²) in [5, 5.41) is 11.2. The minimum atomic E-state index is 0.629. The average Bonchev–Trinajstić information content (AvgIpc) is 3.00. The van der Waals surface area contributed by atoms with Crippen molar-refractivity contribution in [2.45, 2.75) is 32.9 Å². The largest absolute Gasteiger partial charge is 0.493 e. The van der Waals surface area contributed by atoms with Gasteiger partial charge in [0.15, 0.2) is 0 Å². The van der Waals surface area contributed by atoms with E-state index in [4.69, 9.17) is 9.37 Å². The molecule has 1 aliphatic rings. The second-order valence-corrected chi connectivity index (χ2v) is 6.64. The topological polar surface area (TPSA) is 63.4 Å². The molecule has 0 aliphatic carbocycles. The number of nitrogens with one attached hydrogen (secondary N) is 1. The zero-order valence-electron chi connectivity index (χ0n) is 14.5. The number of rotatable bonds is 7. The summed E-state index contributed by atoms with van der Waals surface area (Å²) in [6.07, 6.45) is 2.51. The van der Waals surface area contributed by atoms with Gasteiger partial charge in [0.2, 0.25) is 0 Å². The molecule has 0 unspecified atom stereocenters. The second-order valence-electron chi connectivity index (χ2n) is 6.64. The van der Waals surface area contributed by atoms with E-state index >= 15 is 0 Å². The highest BCUT2D eigenvalue weighted by Crippen LogP contribution is 2.17. The maximum Gasteiger partial charge on any atom is 0.122 e. The van der Waals surface area contributed by atoms with Crippen molar-refractivity contribution >= 4 is 0 Å². The Kier molecular flexibility index (Phi) is 5.82. The fourth-order valence-electron chi connectivity index (χ4n) is 2.99. The van der Waals surface area contributed by atoms with Crippen molar-refractivity contribution in [3.63, 3.8) is 0 Å². The number of ether oxygens (including phenoxy) is 1. The van der Waals surface area contributed by atoms with Gasteiger partial charge in [-0.3, -0.25) is 4.90 Å². The summed E-state index contributed by atoms with van der Waals surface area (Å²) < 4.78 is 10.7. The predicted octanol–water partition coefficient (Wildman–Crippen LogP) is 2.39. The molecule has 0 saturated carbocycles. The summed E-state index contributed by atoms with van der Waals surface area (Å²) in [5.74, 6) is 1.58. The summed E-state index contributed by atoms with van der Waals surface area (Å²) in [7, 11) is 2.06. The molecule has 2 heterocycles. The highest BCUT2D eigenvalue weighted by atomic mass is 16.6. The van der Waals surface area contributed by atoms with Crippen molar-refractivity contribution in [2.75, 3.05) is 26.7 Å². The van der Waals surface area contributed by atoms with Gasteiger partial charge in [0, 0.05) is 25.6 Å². The molecule has 0 bridgehead atoms. The first-order chi connectivity index (χ1) is 11.7. The normalized spacial score (nSPS) is 18.0. The maximum atomic E-state index is 5.92. The summed E-state index contributed by atoms with van der Waals surface area (Å²) in [6, 6.07) is 8.36. The van der Waals surface area contributed by atoms with Gasteiger partial charge in [-0.1, -0.05) is 22.4 Å². The summed E-state index contributed by atoms with van der Waals surface area (Å²) in [6.45, 7) is 6.49. The van der Waals surface area contributed by atoms with E-state index in [0.29, 0.717) is 5.92 Å². The van der Waals surface area contributed by atoms with Crippen LogP contribution < -0.4 is 10.1 Å². The summed E-state index contributed by atoms with van der Waals surface area (Å²) >= 11 is 0. The fraction of sp³-hybridized carbons (Fsp3) is 0.556. The number of aromatic nitrogens is 2. The lowest BCUT2D eigenvalue weighted by Crippen LogP contribution is -2.33. The number of piperidine rings is 1. The van der Waals surface area contributed by atoms with Crippen molar-refractivity contribution < 1.29 is 9.37 Å². The smallest absolute Gasteiger partial charge is 0.122 e. The molecular formula is C18H26N4O2. The van der Waals surface area contributed by atoms with Crippen molar-refractivity contribution in [2.24, 2.45) is 5.92 Å². The van der Waals surface area contributed by atoms with E-state index in [1.54, 1.807) is 0 Å². The molecule has 1 saturated heterocycles. The summed E-state index contributed by atoms with van der Waals surface area (Å²) in [4.78, 5) is 2.19. The van der Waals surface area contributed by atoms with E-state index < -0.39 is 0 Å². The van der Waals surface area contributed by atoms with Crippen molar-refractivity contribution in [1.82, 2.24) is 20.5 Å². The first-order valence-corrected chi connectivity index (χ1v) is 8.60. The Labute approximate surface area is 143 Å². The van der Waals surface area contributed by atoms with E-state index in [1.165, 1.54) is 18.4 Å². The highest BCUT2D eigenvalue weighted by molar-refractivity contribution is 5.27. The molecule has 3 rings (SSSR count). The van der Waals surface area contributed by atoms with Gasteiger partial charge in [0.25, 0.3) is 0 Å². The molecule has 2 aromatic rings. The molecule has 1 fully saturated rings. The van der Waals surface area contributed by atoms with Crippen LogP contribution in [0.4, 0.5) is 0 Å². The van der Waals surface area contributed by atoms with Gasteiger partial charge in [-0.2, -0.15) is 0 Å². The first-order valence-electron chi connectivity index (χ1n) is 8.60. The van der Waals surface area contributed by atoms with Crippen molar-refractivity contribution in [3.05, 3.63) is 41.2 Å². The third-order valence-electron chi connectivity index (χ3n) is 4.43. The quantitative estimate of drug-likeness (QED) is 0.841. The summed E-state index contributed by atoms with van der Waals surface area (Å²) in [5.41, 5.74) is 2.99. The Hall–Kier alpha value is -1.92. The fourth-order valence-corrected chi connectivity index (χ4v) is 2.99. The van der Waals surface area contributed by atoms with Gasteiger partial charge in [-0.15, -0.1) is 0 Å². The molecule has 0 amide bonds. The van der Waals surface area contributed by atoms with Crippen LogP contribution in [0.25, 0.3) is 0 Å². The number of benzene rings is 1. The van der Waals surface area contributed by atoms with Crippen LogP contribution in [0.15, 0.2) is 28.9 Å². The average molecular weight is 330 g/mol. The van der Waals surface area contributed by atoms with Gasteiger partial charge in [-0.05, 0) is 51.1 Å². The van der Waals surface area contributed by atoms with Gasteiger partial charge >= 0.3 is 0 Å². The number of hydrogen-bond donors (Lipinski definition) is 1. The van der Waals surface area contributed by atoms with E-state index in [2.05, 4.69) is 51.8 Å². The Morgan fingerprint density at radius 3 is 2.75 bits per heavy atom. The lowest BCUT2D eigenvalue weighted by molar-refractivity contribution is 0.218. The molecule has 1 aromatic heterocycles. The molecule has 0 radical (unpaired) electrons. The molecule has 1 aromatic carbocycles. The molecular weight excluding hydrogens is 304 g/mol. The first kappa shape index (κ1) is 16.9.